The van der Waals surface area contributed by atoms with Gasteiger partial charge >= 0.3 is 0 Å². The molecule has 0 bridgehead atoms. The van der Waals surface area contributed by atoms with E-state index in [1.165, 1.54) is 14.2 Å². The summed E-state index contributed by atoms with van der Waals surface area (Å²) in [6.45, 7) is 0. The molecule has 0 aromatic heterocycles. The standard InChI is InChI=1S/C12H16O5S/c1-16-9-4-5-12(17-2)10(8-9)11(13)6-7-18(3,14)15/h4-5,8H,6-7H2,1-3H3. The lowest BCUT2D eigenvalue weighted by Crippen LogP contribution is -2.10. The average molecular weight is 272 g/mol. The van der Waals surface area contributed by atoms with E-state index in [2.05, 4.69) is 0 Å². The molecule has 1 aromatic rings. The second-order valence-corrected chi connectivity index (χ2v) is 6.13. The highest BCUT2D eigenvalue weighted by molar-refractivity contribution is 7.90. The highest BCUT2D eigenvalue weighted by atomic mass is 32.2. The molecule has 0 aliphatic heterocycles. The van der Waals surface area contributed by atoms with Gasteiger partial charge in [-0.2, -0.15) is 0 Å². The summed E-state index contributed by atoms with van der Waals surface area (Å²) < 4.78 is 32.2. The van der Waals surface area contributed by atoms with Gasteiger partial charge in [0.15, 0.2) is 5.78 Å². The van der Waals surface area contributed by atoms with Gasteiger partial charge in [0.05, 0.1) is 25.5 Å². The minimum atomic E-state index is -3.16. The Hall–Kier alpha value is -1.56. The third kappa shape index (κ3) is 4.03. The maximum atomic E-state index is 11.9. The number of methoxy groups -OCH3 is 2. The summed E-state index contributed by atoms with van der Waals surface area (Å²) in [7, 11) is -0.209. The molecular formula is C12H16O5S. The Morgan fingerprint density at radius 1 is 1.22 bits per heavy atom. The molecule has 0 saturated carbocycles. The molecule has 0 radical (unpaired) electrons. The molecule has 6 heteroatoms. The predicted octanol–water partition coefficient (Wildman–Crippen LogP) is 1.32. The van der Waals surface area contributed by atoms with E-state index in [1.807, 2.05) is 0 Å². The van der Waals surface area contributed by atoms with E-state index in [0.717, 1.165) is 6.26 Å². The van der Waals surface area contributed by atoms with E-state index in [4.69, 9.17) is 9.47 Å². The van der Waals surface area contributed by atoms with Crippen LogP contribution in [0.5, 0.6) is 11.5 Å². The molecule has 0 aliphatic carbocycles. The van der Waals surface area contributed by atoms with Crippen molar-refractivity contribution >= 4 is 15.6 Å². The van der Waals surface area contributed by atoms with Crippen molar-refractivity contribution in [3.8, 4) is 11.5 Å². The third-order valence-corrected chi connectivity index (χ3v) is 3.35. The van der Waals surface area contributed by atoms with Crippen molar-refractivity contribution in [1.29, 1.82) is 0 Å². The van der Waals surface area contributed by atoms with Crippen LogP contribution in [-0.4, -0.2) is 40.4 Å². The van der Waals surface area contributed by atoms with Crippen LogP contribution in [0.2, 0.25) is 0 Å². The van der Waals surface area contributed by atoms with Gasteiger partial charge in [-0.15, -0.1) is 0 Å². The lowest BCUT2D eigenvalue weighted by Gasteiger charge is -2.09. The normalized spacial score (nSPS) is 11.1. The Labute approximate surface area is 107 Å². The van der Waals surface area contributed by atoms with Crippen molar-refractivity contribution in [2.45, 2.75) is 6.42 Å². The zero-order valence-corrected chi connectivity index (χ0v) is 11.4. The molecule has 0 N–H and O–H groups in total. The molecule has 1 aromatic carbocycles. The van der Waals surface area contributed by atoms with Gasteiger partial charge in [-0.1, -0.05) is 0 Å². The fraction of sp³-hybridized carbons (Fsp3) is 0.417. The van der Waals surface area contributed by atoms with E-state index in [-0.39, 0.29) is 18.0 Å². The summed E-state index contributed by atoms with van der Waals surface area (Å²) >= 11 is 0. The van der Waals surface area contributed by atoms with Gasteiger partial charge in [-0.25, -0.2) is 8.42 Å². The van der Waals surface area contributed by atoms with Crippen LogP contribution in [0.25, 0.3) is 0 Å². The quantitative estimate of drug-likeness (QED) is 0.730. The Morgan fingerprint density at radius 3 is 2.39 bits per heavy atom. The summed E-state index contributed by atoms with van der Waals surface area (Å²) in [6, 6.07) is 4.84. The minimum absolute atomic E-state index is 0.0671. The van der Waals surface area contributed by atoms with Gasteiger partial charge in [0, 0.05) is 12.7 Å². The van der Waals surface area contributed by atoms with Gasteiger partial charge < -0.3 is 9.47 Å². The predicted molar refractivity (Wildman–Crippen MR) is 68.2 cm³/mol. The van der Waals surface area contributed by atoms with Gasteiger partial charge in [-0.05, 0) is 18.2 Å². The number of ketones is 1. The van der Waals surface area contributed by atoms with Crippen LogP contribution in [0.15, 0.2) is 18.2 Å². The molecule has 0 atom stereocenters. The van der Waals surface area contributed by atoms with Crippen LogP contribution in [0.1, 0.15) is 16.8 Å². The molecule has 0 saturated heterocycles. The molecule has 100 valence electrons. The number of carbonyl (C=O) groups is 1. The second-order valence-electron chi connectivity index (χ2n) is 3.87. The number of ether oxygens (including phenoxy) is 2. The number of sulfone groups is 1. The van der Waals surface area contributed by atoms with Crippen LogP contribution in [0, 0.1) is 0 Å². The van der Waals surface area contributed by atoms with Crippen molar-refractivity contribution in [2.75, 3.05) is 26.2 Å². The largest absolute Gasteiger partial charge is 0.497 e. The number of benzene rings is 1. The van der Waals surface area contributed by atoms with Crippen molar-refractivity contribution in [3.63, 3.8) is 0 Å². The number of hydrogen-bond acceptors (Lipinski definition) is 5. The number of rotatable bonds is 6. The van der Waals surface area contributed by atoms with Crippen molar-refractivity contribution in [1.82, 2.24) is 0 Å². The molecule has 0 spiro atoms. The van der Waals surface area contributed by atoms with Gasteiger partial charge in [0.1, 0.15) is 21.3 Å². The first kappa shape index (κ1) is 14.5. The molecular weight excluding hydrogens is 256 g/mol. The van der Waals surface area contributed by atoms with E-state index in [9.17, 15) is 13.2 Å². The van der Waals surface area contributed by atoms with Gasteiger partial charge in [0.2, 0.25) is 0 Å². The van der Waals surface area contributed by atoms with Gasteiger partial charge in [-0.3, -0.25) is 4.79 Å². The Morgan fingerprint density at radius 2 is 1.89 bits per heavy atom. The highest BCUT2D eigenvalue weighted by Gasteiger charge is 2.15. The maximum absolute atomic E-state index is 11.9. The van der Waals surface area contributed by atoms with Crippen LogP contribution in [-0.2, 0) is 9.84 Å². The molecule has 18 heavy (non-hydrogen) atoms. The topological polar surface area (TPSA) is 69.7 Å². The van der Waals surface area contributed by atoms with E-state index >= 15 is 0 Å². The summed E-state index contributed by atoms with van der Waals surface area (Å²) in [5, 5.41) is 0. The van der Waals surface area contributed by atoms with Crippen molar-refractivity contribution in [2.24, 2.45) is 0 Å². The van der Waals surface area contributed by atoms with Crippen LogP contribution in [0.4, 0.5) is 0 Å². The van der Waals surface area contributed by atoms with E-state index in [1.54, 1.807) is 18.2 Å². The zero-order valence-electron chi connectivity index (χ0n) is 10.6. The zero-order chi connectivity index (χ0) is 13.8. The first-order chi connectivity index (χ1) is 8.37. The lowest BCUT2D eigenvalue weighted by molar-refractivity contribution is 0.0985. The summed E-state index contributed by atoms with van der Waals surface area (Å²) in [4.78, 5) is 11.9. The van der Waals surface area contributed by atoms with Crippen LogP contribution in [0.3, 0.4) is 0 Å². The van der Waals surface area contributed by atoms with Crippen LogP contribution >= 0.6 is 0 Å². The second kappa shape index (κ2) is 5.86. The molecule has 1 rings (SSSR count). The van der Waals surface area contributed by atoms with E-state index in [0.29, 0.717) is 17.1 Å². The first-order valence-corrected chi connectivity index (χ1v) is 7.36. The Bertz CT molecular complexity index is 533. The van der Waals surface area contributed by atoms with Crippen molar-refractivity contribution < 1.29 is 22.7 Å². The molecule has 0 amide bonds. The highest BCUT2D eigenvalue weighted by Crippen LogP contribution is 2.25. The SMILES string of the molecule is COc1ccc(OC)c(C(=O)CCS(C)(=O)=O)c1. The lowest BCUT2D eigenvalue weighted by atomic mass is 10.1. The Balaban J connectivity index is 2.96. The summed E-state index contributed by atoms with van der Waals surface area (Å²) in [5.41, 5.74) is 0.334. The number of hydrogen-bond donors (Lipinski definition) is 0. The minimum Gasteiger partial charge on any atom is -0.497 e. The summed E-state index contributed by atoms with van der Waals surface area (Å²) in [6.07, 6.45) is 1.03. The van der Waals surface area contributed by atoms with Crippen molar-refractivity contribution in [3.05, 3.63) is 23.8 Å². The average Bonchev–Trinajstić information content (AvgIpc) is 2.34. The smallest absolute Gasteiger partial charge is 0.167 e. The number of Topliss-reactive ketones (excluding diaryl/α,β-unsaturated/α-hetero) is 1. The van der Waals surface area contributed by atoms with Gasteiger partial charge in [0.25, 0.3) is 0 Å². The fourth-order valence-corrected chi connectivity index (χ4v) is 2.00. The number of carbonyl (C=O) groups excluding carboxylic acids is 1. The van der Waals surface area contributed by atoms with E-state index < -0.39 is 9.84 Å². The third-order valence-electron chi connectivity index (χ3n) is 2.41. The summed E-state index contributed by atoms with van der Waals surface area (Å²) in [5.74, 6) is 0.482. The molecule has 0 unspecified atom stereocenters. The fourth-order valence-electron chi connectivity index (χ4n) is 1.44. The monoisotopic (exact) mass is 272 g/mol. The maximum Gasteiger partial charge on any atom is 0.167 e. The molecule has 0 aliphatic rings. The first-order valence-electron chi connectivity index (χ1n) is 5.30. The van der Waals surface area contributed by atoms with Crippen LogP contribution < -0.4 is 9.47 Å². The molecule has 0 heterocycles. The molecule has 5 nitrogen and oxygen atoms in total. The molecule has 0 fully saturated rings. The Kier molecular flexibility index (Phi) is 4.72.